The lowest BCUT2D eigenvalue weighted by atomic mass is 9.88. The van der Waals surface area contributed by atoms with Gasteiger partial charge in [-0.3, -0.25) is 10.1 Å². The Balaban J connectivity index is 2.29. The van der Waals surface area contributed by atoms with Gasteiger partial charge in [0.05, 0.1) is 11.0 Å². The predicted molar refractivity (Wildman–Crippen MR) is 72.1 cm³/mol. The normalized spacial score (nSPS) is 22.2. The molecule has 0 saturated heterocycles. The van der Waals surface area contributed by atoms with Crippen molar-refractivity contribution in [1.82, 2.24) is 0 Å². The van der Waals surface area contributed by atoms with E-state index in [2.05, 4.69) is 6.92 Å². The van der Waals surface area contributed by atoms with Gasteiger partial charge in [-0.05, 0) is 31.2 Å². The molecule has 6 nitrogen and oxygen atoms in total. The molecule has 1 aliphatic carbocycles. The molecule has 0 amide bonds. The van der Waals surface area contributed by atoms with Crippen molar-refractivity contribution in [3.8, 4) is 5.75 Å². The zero-order valence-corrected chi connectivity index (χ0v) is 11.2. The lowest BCUT2D eigenvalue weighted by molar-refractivity contribution is -0.385. The minimum atomic E-state index is -1.14. The standard InChI is InChI=1S/C14H17NO5/c1-9-4-2-3-5-12(9)20-13-8-10(15(18)19)6-7-11(13)14(16)17/h6-9,12H,2-5H2,1H3,(H,16,17). The smallest absolute Gasteiger partial charge is 0.339 e. The van der Waals surface area contributed by atoms with Crippen molar-refractivity contribution in [3.63, 3.8) is 0 Å². The van der Waals surface area contributed by atoms with E-state index in [1.54, 1.807) is 0 Å². The van der Waals surface area contributed by atoms with Crippen LogP contribution in [0, 0.1) is 16.0 Å². The second kappa shape index (κ2) is 5.90. The summed E-state index contributed by atoms with van der Waals surface area (Å²) in [5.74, 6) is -0.728. The largest absolute Gasteiger partial charge is 0.489 e. The average molecular weight is 279 g/mol. The maximum atomic E-state index is 11.2. The van der Waals surface area contributed by atoms with Crippen molar-refractivity contribution >= 4 is 11.7 Å². The van der Waals surface area contributed by atoms with E-state index in [9.17, 15) is 14.9 Å². The Morgan fingerprint density at radius 1 is 1.40 bits per heavy atom. The Hall–Kier alpha value is -2.11. The van der Waals surface area contributed by atoms with Gasteiger partial charge in [0.2, 0.25) is 0 Å². The van der Waals surface area contributed by atoms with Gasteiger partial charge in [-0.1, -0.05) is 13.3 Å². The van der Waals surface area contributed by atoms with Crippen molar-refractivity contribution in [2.24, 2.45) is 5.92 Å². The molecule has 1 N–H and O–H groups in total. The first-order valence-electron chi connectivity index (χ1n) is 6.67. The van der Waals surface area contributed by atoms with Crippen molar-refractivity contribution in [3.05, 3.63) is 33.9 Å². The van der Waals surface area contributed by atoms with E-state index < -0.39 is 10.9 Å². The van der Waals surface area contributed by atoms with Gasteiger partial charge in [0.25, 0.3) is 5.69 Å². The topological polar surface area (TPSA) is 89.7 Å². The summed E-state index contributed by atoms with van der Waals surface area (Å²) in [6, 6.07) is 3.61. The molecule has 0 aliphatic heterocycles. The third-order valence-corrected chi connectivity index (χ3v) is 3.72. The quantitative estimate of drug-likeness (QED) is 0.675. The fraction of sp³-hybridized carbons (Fsp3) is 0.500. The van der Waals surface area contributed by atoms with E-state index >= 15 is 0 Å². The lowest BCUT2D eigenvalue weighted by Gasteiger charge is -2.29. The third kappa shape index (κ3) is 3.07. The maximum absolute atomic E-state index is 11.2. The molecule has 2 atom stereocenters. The summed E-state index contributed by atoms with van der Waals surface area (Å²) in [4.78, 5) is 21.4. The second-order valence-electron chi connectivity index (χ2n) is 5.16. The molecule has 1 aromatic carbocycles. The van der Waals surface area contributed by atoms with Gasteiger partial charge in [0.1, 0.15) is 17.4 Å². The van der Waals surface area contributed by atoms with Gasteiger partial charge >= 0.3 is 5.97 Å². The number of nitrogens with zero attached hydrogens (tertiary/aromatic N) is 1. The number of carboxylic acids is 1. The fourth-order valence-electron chi connectivity index (χ4n) is 2.52. The van der Waals surface area contributed by atoms with E-state index in [0.29, 0.717) is 5.92 Å². The number of hydrogen-bond donors (Lipinski definition) is 1. The highest BCUT2D eigenvalue weighted by Gasteiger charge is 2.25. The number of nitro groups is 1. The minimum absolute atomic E-state index is 0.0339. The van der Waals surface area contributed by atoms with Gasteiger partial charge in [0, 0.05) is 6.07 Å². The maximum Gasteiger partial charge on any atom is 0.339 e. The number of non-ortho nitro benzene ring substituents is 1. The SMILES string of the molecule is CC1CCCCC1Oc1cc([N+](=O)[O-])ccc1C(=O)O. The molecule has 2 rings (SSSR count). The summed E-state index contributed by atoms with van der Waals surface area (Å²) >= 11 is 0. The zero-order chi connectivity index (χ0) is 14.7. The highest BCUT2D eigenvalue weighted by Crippen LogP contribution is 2.31. The number of nitro benzene ring substituents is 1. The first-order chi connectivity index (χ1) is 9.49. The van der Waals surface area contributed by atoms with Crippen LogP contribution in [0.2, 0.25) is 0 Å². The molecule has 0 radical (unpaired) electrons. The number of hydrogen-bond acceptors (Lipinski definition) is 4. The van der Waals surface area contributed by atoms with Crippen molar-refractivity contribution in [2.75, 3.05) is 0 Å². The van der Waals surface area contributed by atoms with Crippen LogP contribution in [0.4, 0.5) is 5.69 Å². The van der Waals surface area contributed by atoms with Crippen LogP contribution in [0.3, 0.4) is 0 Å². The lowest BCUT2D eigenvalue weighted by Crippen LogP contribution is -2.28. The van der Waals surface area contributed by atoms with Crippen LogP contribution in [0.15, 0.2) is 18.2 Å². The molecule has 1 aromatic rings. The summed E-state index contributed by atoms with van der Waals surface area (Å²) in [5.41, 5.74) is -0.193. The summed E-state index contributed by atoms with van der Waals surface area (Å²) in [6.45, 7) is 2.06. The van der Waals surface area contributed by atoms with E-state index in [1.165, 1.54) is 18.2 Å². The molecule has 1 saturated carbocycles. The first kappa shape index (κ1) is 14.3. The highest BCUT2D eigenvalue weighted by atomic mass is 16.6. The Morgan fingerprint density at radius 3 is 2.70 bits per heavy atom. The fourth-order valence-corrected chi connectivity index (χ4v) is 2.52. The van der Waals surface area contributed by atoms with Gasteiger partial charge in [-0.25, -0.2) is 4.79 Å². The molecule has 0 bridgehead atoms. The Labute approximate surface area is 116 Å². The summed E-state index contributed by atoms with van der Waals surface area (Å²) in [5, 5.41) is 19.9. The molecule has 1 fully saturated rings. The van der Waals surface area contributed by atoms with Crippen LogP contribution in [0.5, 0.6) is 5.75 Å². The monoisotopic (exact) mass is 279 g/mol. The van der Waals surface area contributed by atoms with Gasteiger partial charge < -0.3 is 9.84 Å². The molecule has 108 valence electrons. The van der Waals surface area contributed by atoms with Gasteiger partial charge in [-0.15, -0.1) is 0 Å². The molecule has 0 spiro atoms. The van der Waals surface area contributed by atoms with Crippen LogP contribution in [-0.2, 0) is 0 Å². The van der Waals surface area contributed by atoms with E-state index in [4.69, 9.17) is 9.84 Å². The zero-order valence-electron chi connectivity index (χ0n) is 11.2. The number of rotatable bonds is 4. The molecule has 20 heavy (non-hydrogen) atoms. The van der Waals surface area contributed by atoms with Crippen LogP contribution >= 0.6 is 0 Å². The van der Waals surface area contributed by atoms with Crippen molar-refractivity contribution in [2.45, 2.75) is 38.7 Å². The number of ether oxygens (including phenoxy) is 1. The van der Waals surface area contributed by atoms with Gasteiger partial charge in [-0.2, -0.15) is 0 Å². The number of benzene rings is 1. The highest BCUT2D eigenvalue weighted by molar-refractivity contribution is 5.91. The van der Waals surface area contributed by atoms with E-state index in [1.807, 2.05) is 0 Å². The Bertz CT molecular complexity index is 528. The van der Waals surface area contributed by atoms with Gasteiger partial charge in [0.15, 0.2) is 0 Å². The van der Waals surface area contributed by atoms with Crippen LogP contribution in [0.25, 0.3) is 0 Å². The number of aromatic carboxylic acids is 1. The predicted octanol–water partition coefficient (Wildman–Crippen LogP) is 3.25. The molecule has 1 aliphatic rings. The van der Waals surface area contributed by atoms with Crippen molar-refractivity contribution in [1.29, 1.82) is 0 Å². The van der Waals surface area contributed by atoms with Crippen molar-refractivity contribution < 1.29 is 19.6 Å². The molecule has 0 heterocycles. The van der Waals surface area contributed by atoms with Crippen LogP contribution in [-0.4, -0.2) is 22.1 Å². The second-order valence-corrected chi connectivity index (χ2v) is 5.16. The third-order valence-electron chi connectivity index (χ3n) is 3.72. The van der Waals surface area contributed by atoms with E-state index in [-0.39, 0.29) is 23.1 Å². The number of carboxylic acid groups (broad SMARTS) is 1. The van der Waals surface area contributed by atoms with E-state index in [0.717, 1.165) is 25.7 Å². The Kier molecular flexibility index (Phi) is 4.22. The molecular weight excluding hydrogens is 262 g/mol. The Morgan fingerprint density at radius 2 is 2.10 bits per heavy atom. The van der Waals surface area contributed by atoms with Crippen LogP contribution in [0.1, 0.15) is 43.0 Å². The summed E-state index contributed by atoms with van der Waals surface area (Å²) in [7, 11) is 0. The summed E-state index contributed by atoms with van der Waals surface area (Å²) in [6.07, 6.45) is 3.97. The number of carbonyl (C=O) groups is 1. The molecular formula is C14H17NO5. The minimum Gasteiger partial charge on any atom is -0.489 e. The molecule has 2 unspecified atom stereocenters. The average Bonchev–Trinajstić information content (AvgIpc) is 2.41. The summed E-state index contributed by atoms with van der Waals surface area (Å²) < 4.78 is 5.77. The molecule has 0 aromatic heterocycles. The molecule has 6 heteroatoms. The van der Waals surface area contributed by atoms with Crippen LogP contribution < -0.4 is 4.74 Å². The first-order valence-corrected chi connectivity index (χ1v) is 6.67.